The lowest BCUT2D eigenvalue weighted by Crippen LogP contribution is -2.38. The predicted molar refractivity (Wildman–Crippen MR) is 48.6 cm³/mol. The maximum absolute atomic E-state index is 11.3. The van der Waals surface area contributed by atoms with Crippen molar-refractivity contribution in [1.82, 2.24) is 4.90 Å². The molecule has 0 bridgehead atoms. The van der Waals surface area contributed by atoms with E-state index >= 15 is 0 Å². The van der Waals surface area contributed by atoms with Gasteiger partial charge >= 0.3 is 0 Å². The van der Waals surface area contributed by atoms with E-state index in [9.17, 15) is 4.79 Å². The van der Waals surface area contributed by atoms with Crippen LogP contribution in [0.4, 0.5) is 0 Å². The molecule has 68 valence electrons. The number of carbonyl (C=O) groups excluding carboxylic acids is 1. The Kier molecular flexibility index (Phi) is 2.87. The first kappa shape index (κ1) is 9.26. The van der Waals surface area contributed by atoms with Crippen molar-refractivity contribution in [3.8, 4) is 0 Å². The number of hydrogen-bond acceptors (Lipinski definition) is 2. The van der Waals surface area contributed by atoms with Gasteiger partial charge in [0.1, 0.15) is 0 Å². The highest BCUT2D eigenvalue weighted by atomic mass is 16.2. The van der Waals surface area contributed by atoms with Crippen LogP contribution in [0.3, 0.4) is 0 Å². The van der Waals surface area contributed by atoms with Crippen LogP contribution in [0.25, 0.3) is 0 Å². The highest BCUT2D eigenvalue weighted by Crippen LogP contribution is 2.18. The van der Waals surface area contributed by atoms with Crippen molar-refractivity contribution in [3.05, 3.63) is 12.2 Å². The molecule has 2 N–H and O–H groups in total. The number of hydrogen-bond donors (Lipinski definition) is 1. The molecule has 3 heteroatoms. The molecule has 0 radical (unpaired) electrons. The Morgan fingerprint density at radius 2 is 2.50 bits per heavy atom. The van der Waals surface area contributed by atoms with Crippen LogP contribution in [0.1, 0.15) is 19.8 Å². The lowest BCUT2D eigenvalue weighted by Gasteiger charge is -2.23. The zero-order valence-electron chi connectivity index (χ0n) is 7.55. The number of rotatable bonds is 3. The Balaban J connectivity index is 2.57. The molecule has 1 rings (SSSR count). The van der Waals surface area contributed by atoms with Gasteiger partial charge < -0.3 is 10.6 Å². The van der Waals surface area contributed by atoms with E-state index in [0.29, 0.717) is 19.5 Å². The van der Waals surface area contributed by atoms with Crippen molar-refractivity contribution in [2.24, 2.45) is 5.73 Å². The molecule has 0 aromatic rings. The van der Waals surface area contributed by atoms with Crippen LogP contribution >= 0.6 is 0 Å². The molecule has 1 heterocycles. The van der Waals surface area contributed by atoms with Crippen LogP contribution < -0.4 is 5.73 Å². The summed E-state index contributed by atoms with van der Waals surface area (Å²) >= 11 is 0. The summed E-state index contributed by atoms with van der Waals surface area (Å²) in [7, 11) is 0. The van der Waals surface area contributed by atoms with Crippen LogP contribution in [0.15, 0.2) is 12.2 Å². The van der Waals surface area contributed by atoms with Gasteiger partial charge in [0.15, 0.2) is 0 Å². The fraction of sp³-hybridized carbons (Fsp3) is 0.667. The highest BCUT2D eigenvalue weighted by Gasteiger charge is 2.29. The Morgan fingerprint density at radius 3 is 3.00 bits per heavy atom. The second-order valence-electron chi connectivity index (χ2n) is 3.41. The van der Waals surface area contributed by atoms with Crippen molar-refractivity contribution in [2.75, 3.05) is 13.1 Å². The van der Waals surface area contributed by atoms with E-state index in [1.807, 2.05) is 11.8 Å². The first-order chi connectivity index (χ1) is 5.65. The normalized spacial score (nSPS) is 23.3. The van der Waals surface area contributed by atoms with E-state index in [4.69, 9.17) is 5.73 Å². The van der Waals surface area contributed by atoms with Crippen molar-refractivity contribution in [3.63, 3.8) is 0 Å². The standard InChI is InChI=1S/C9H16N2O/c1-7(2)6-11-8(5-10)3-4-9(11)12/h8H,1,3-6,10H2,2H3. The third-order valence-electron chi connectivity index (χ3n) is 2.16. The van der Waals surface area contributed by atoms with Crippen LogP contribution in [0.2, 0.25) is 0 Å². The predicted octanol–water partition coefficient (Wildman–Crippen LogP) is 0.512. The maximum Gasteiger partial charge on any atom is 0.223 e. The van der Waals surface area contributed by atoms with Crippen LogP contribution in [0.5, 0.6) is 0 Å². The minimum atomic E-state index is 0.216. The molecule has 0 saturated carbocycles. The van der Waals surface area contributed by atoms with E-state index in [1.165, 1.54) is 0 Å². The van der Waals surface area contributed by atoms with Crippen molar-refractivity contribution >= 4 is 5.91 Å². The van der Waals surface area contributed by atoms with Crippen molar-refractivity contribution in [2.45, 2.75) is 25.8 Å². The smallest absolute Gasteiger partial charge is 0.223 e. The van der Waals surface area contributed by atoms with Gasteiger partial charge in [0.25, 0.3) is 0 Å². The van der Waals surface area contributed by atoms with Gasteiger partial charge in [-0.3, -0.25) is 4.79 Å². The molecule has 1 aliphatic heterocycles. The van der Waals surface area contributed by atoms with Gasteiger partial charge in [-0.05, 0) is 13.3 Å². The van der Waals surface area contributed by atoms with Crippen LogP contribution in [-0.2, 0) is 4.79 Å². The Morgan fingerprint density at radius 1 is 1.83 bits per heavy atom. The summed E-state index contributed by atoms with van der Waals surface area (Å²) in [6, 6.07) is 0.245. The molecule has 1 saturated heterocycles. The molecule has 0 aromatic carbocycles. The van der Waals surface area contributed by atoms with Gasteiger partial charge in [-0.2, -0.15) is 0 Å². The number of carbonyl (C=O) groups is 1. The second-order valence-corrected chi connectivity index (χ2v) is 3.41. The largest absolute Gasteiger partial charge is 0.334 e. The minimum Gasteiger partial charge on any atom is -0.334 e. The first-order valence-electron chi connectivity index (χ1n) is 4.29. The average molecular weight is 168 g/mol. The topological polar surface area (TPSA) is 46.3 Å². The summed E-state index contributed by atoms with van der Waals surface area (Å²) in [5.41, 5.74) is 6.56. The van der Waals surface area contributed by atoms with Gasteiger partial charge in [-0.25, -0.2) is 0 Å². The molecule has 1 aliphatic rings. The molecule has 0 aromatic heterocycles. The number of nitrogens with two attached hydrogens (primary N) is 1. The lowest BCUT2D eigenvalue weighted by molar-refractivity contribution is -0.128. The molecule has 1 fully saturated rings. The molecular formula is C9H16N2O. The molecule has 0 spiro atoms. The van der Waals surface area contributed by atoms with E-state index in [0.717, 1.165) is 12.0 Å². The Hall–Kier alpha value is -0.830. The second kappa shape index (κ2) is 3.72. The first-order valence-corrected chi connectivity index (χ1v) is 4.29. The van der Waals surface area contributed by atoms with Gasteiger partial charge in [0.05, 0.1) is 0 Å². The number of nitrogens with zero attached hydrogens (tertiary/aromatic N) is 1. The zero-order valence-corrected chi connectivity index (χ0v) is 7.55. The molecule has 0 aliphatic carbocycles. The Bertz CT molecular complexity index is 201. The molecular weight excluding hydrogens is 152 g/mol. The molecule has 1 atom stereocenters. The summed E-state index contributed by atoms with van der Waals surface area (Å²) in [5.74, 6) is 0.216. The average Bonchev–Trinajstić information content (AvgIpc) is 2.32. The maximum atomic E-state index is 11.3. The molecule has 1 unspecified atom stereocenters. The van der Waals surface area contributed by atoms with Gasteiger partial charge in [-0.15, -0.1) is 0 Å². The van der Waals surface area contributed by atoms with E-state index in [1.54, 1.807) is 0 Å². The summed E-state index contributed by atoms with van der Waals surface area (Å²) in [5, 5.41) is 0. The molecule has 12 heavy (non-hydrogen) atoms. The van der Waals surface area contributed by atoms with E-state index in [-0.39, 0.29) is 11.9 Å². The zero-order chi connectivity index (χ0) is 9.14. The van der Waals surface area contributed by atoms with Crippen LogP contribution in [-0.4, -0.2) is 29.9 Å². The summed E-state index contributed by atoms with van der Waals surface area (Å²) in [6.07, 6.45) is 1.55. The third-order valence-corrected chi connectivity index (χ3v) is 2.16. The Labute approximate surface area is 73.2 Å². The van der Waals surface area contributed by atoms with Gasteiger partial charge in [0.2, 0.25) is 5.91 Å². The SMILES string of the molecule is C=C(C)CN1C(=O)CCC1CN. The van der Waals surface area contributed by atoms with Gasteiger partial charge in [0, 0.05) is 25.6 Å². The van der Waals surface area contributed by atoms with E-state index < -0.39 is 0 Å². The quantitative estimate of drug-likeness (QED) is 0.624. The highest BCUT2D eigenvalue weighted by molar-refractivity contribution is 5.79. The number of likely N-dealkylation sites (tertiary alicyclic amines) is 1. The lowest BCUT2D eigenvalue weighted by atomic mass is 10.2. The fourth-order valence-corrected chi connectivity index (χ4v) is 1.55. The summed E-state index contributed by atoms with van der Waals surface area (Å²) in [4.78, 5) is 13.1. The minimum absolute atomic E-state index is 0.216. The monoisotopic (exact) mass is 168 g/mol. The molecule has 3 nitrogen and oxygen atoms in total. The van der Waals surface area contributed by atoms with Crippen LogP contribution in [0, 0.1) is 0 Å². The van der Waals surface area contributed by atoms with Gasteiger partial charge in [-0.1, -0.05) is 12.2 Å². The van der Waals surface area contributed by atoms with Crippen molar-refractivity contribution < 1.29 is 4.79 Å². The molecule has 1 amide bonds. The van der Waals surface area contributed by atoms with E-state index in [2.05, 4.69) is 6.58 Å². The summed E-state index contributed by atoms with van der Waals surface area (Å²) < 4.78 is 0. The third kappa shape index (κ3) is 1.85. The van der Waals surface area contributed by atoms with Crippen molar-refractivity contribution in [1.29, 1.82) is 0 Å². The summed E-state index contributed by atoms with van der Waals surface area (Å²) in [6.45, 7) is 6.95. The fourth-order valence-electron chi connectivity index (χ4n) is 1.55. The number of amides is 1.